The van der Waals surface area contributed by atoms with Gasteiger partial charge in [-0.2, -0.15) is 0 Å². The second-order valence-corrected chi connectivity index (χ2v) is 13.0. The first-order valence-corrected chi connectivity index (χ1v) is 17.2. The van der Waals surface area contributed by atoms with Crippen LogP contribution < -0.4 is 5.32 Å². The Labute approximate surface area is 284 Å². The van der Waals surface area contributed by atoms with E-state index in [0.29, 0.717) is 0 Å². The number of nitrogens with zero attached hydrogens (tertiary/aromatic N) is 2. The molecule has 2 aliphatic rings. The Bertz CT molecular complexity index is 2730. The summed E-state index contributed by atoms with van der Waals surface area (Å²) in [4.78, 5) is 5.17. The number of benzene rings is 7. The van der Waals surface area contributed by atoms with Crippen LogP contribution in [0.2, 0.25) is 0 Å². The Morgan fingerprint density at radius 3 is 2.00 bits per heavy atom. The van der Waals surface area contributed by atoms with Gasteiger partial charge in [0, 0.05) is 32.8 Å². The van der Waals surface area contributed by atoms with Crippen molar-refractivity contribution in [1.82, 2.24) is 9.88 Å². The molecule has 0 amide bonds. The molecule has 8 aromatic rings. The number of hydrogen-bond acceptors (Lipinski definition) is 2. The third-order valence-corrected chi connectivity index (χ3v) is 10.3. The molecule has 0 bridgehead atoms. The summed E-state index contributed by atoms with van der Waals surface area (Å²) in [5.74, 6) is 0.884. The van der Waals surface area contributed by atoms with Crippen molar-refractivity contribution in [3.05, 3.63) is 181 Å². The number of fused-ring (bicyclic) bond motifs is 10. The van der Waals surface area contributed by atoms with Crippen molar-refractivity contribution < 1.29 is 0 Å². The largest absolute Gasteiger partial charge is 0.359 e. The Morgan fingerprint density at radius 1 is 0.592 bits per heavy atom. The Balaban J connectivity index is 1.32. The number of para-hydroxylation sites is 1. The Morgan fingerprint density at radius 2 is 1.24 bits per heavy atom. The molecule has 1 atom stereocenters. The van der Waals surface area contributed by atoms with Crippen molar-refractivity contribution in [2.24, 2.45) is 4.99 Å². The minimum absolute atomic E-state index is 0.0906. The van der Waals surface area contributed by atoms with Crippen LogP contribution >= 0.6 is 0 Å². The minimum atomic E-state index is -0.0906. The monoisotopic (exact) mass is 627 g/mol. The average Bonchev–Trinajstić information content (AvgIpc) is 3.54. The van der Waals surface area contributed by atoms with Gasteiger partial charge in [-0.3, -0.25) is 0 Å². The topological polar surface area (TPSA) is 29.3 Å². The number of nitrogens with one attached hydrogen (secondary N) is 1. The maximum absolute atomic E-state index is 5.17. The molecule has 0 fully saturated rings. The highest BCUT2D eigenvalue weighted by atomic mass is 15.0. The first-order chi connectivity index (χ1) is 24.3. The quantitative estimate of drug-likeness (QED) is 0.193. The van der Waals surface area contributed by atoms with E-state index >= 15 is 0 Å². The molecule has 3 heteroatoms. The Hall–Kier alpha value is -6.19. The van der Waals surface area contributed by atoms with E-state index in [4.69, 9.17) is 4.99 Å². The van der Waals surface area contributed by atoms with Gasteiger partial charge in [0.05, 0.1) is 22.8 Å². The fraction of sp³-hybridized carbons (Fsp3) is 0.0652. The summed E-state index contributed by atoms with van der Waals surface area (Å²) in [5.41, 5.74) is 8.31. The number of amidine groups is 1. The van der Waals surface area contributed by atoms with Gasteiger partial charge >= 0.3 is 0 Å². The first-order valence-electron chi connectivity index (χ1n) is 17.2. The highest BCUT2D eigenvalue weighted by Gasteiger charge is 2.25. The van der Waals surface area contributed by atoms with Gasteiger partial charge in [-0.15, -0.1) is 0 Å². The van der Waals surface area contributed by atoms with E-state index in [2.05, 4.69) is 174 Å². The van der Waals surface area contributed by atoms with Crippen LogP contribution in [-0.4, -0.2) is 10.4 Å². The third-order valence-electron chi connectivity index (χ3n) is 10.3. The summed E-state index contributed by atoms with van der Waals surface area (Å²) in [7, 11) is 0. The van der Waals surface area contributed by atoms with Crippen LogP contribution in [0.15, 0.2) is 169 Å². The van der Waals surface area contributed by atoms with Gasteiger partial charge in [-0.1, -0.05) is 140 Å². The number of rotatable bonds is 4. The first kappa shape index (κ1) is 27.9. The molecule has 1 aliphatic carbocycles. The molecule has 49 heavy (non-hydrogen) atoms. The molecule has 1 aliphatic heterocycles. The maximum Gasteiger partial charge on any atom is 0.134 e. The highest BCUT2D eigenvalue weighted by Crippen LogP contribution is 2.47. The summed E-state index contributed by atoms with van der Waals surface area (Å²) < 4.78 is 2.54. The summed E-state index contributed by atoms with van der Waals surface area (Å²) in [6, 6.07) is 50.3. The second-order valence-electron chi connectivity index (χ2n) is 13.0. The molecular weight excluding hydrogens is 595 g/mol. The molecule has 0 saturated carbocycles. The van der Waals surface area contributed by atoms with Gasteiger partial charge < -0.3 is 9.88 Å². The third kappa shape index (κ3) is 4.39. The van der Waals surface area contributed by atoms with Crippen LogP contribution in [0.5, 0.6) is 0 Å². The number of hydrogen-bond donors (Lipinski definition) is 1. The second kappa shape index (κ2) is 11.2. The van der Waals surface area contributed by atoms with Gasteiger partial charge in [0.15, 0.2) is 0 Å². The van der Waals surface area contributed by atoms with E-state index < -0.39 is 0 Å². The van der Waals surface area contributed by atoms with Gasteiger partial charge in [0.25, 0.3) is 0 Å². The molecule has 3 nitrogen and oxygen atoms in total. The summed E-state index contributed by atoms with van der Waals surface area (Å²) >= 11 is 0. The van der Waals surface area contributed by atoms with Crippen LogP contribution in [0.25, 0.3) is 65.5 Å². The molecule has 1 N–H and O–H groups in total. The van der Waals surface area contributed by atoms with Crippen molar-refractivity contribution >= 4 is 71.4 Å². The molecule has 232 valence electrons. The van der Waals surface area contributed by atoms with E-state index in [1.807, 2.05) is 0 Å². The van der Waals surface area contributed by atoms with E-state index in [0.717, 1.165) is 35.5 Å². The van der Waals surface area contributed by atoms with Crippen LogP contribution in [0.3, 0.4) is 0 Å². The number of allylic oxidation sites excluding steroid dienone is 4. The molecule has 10 rings (SSSR count). The van der Waals surface area contributed by atoms with Crippen molar-refractivity contribution in [1.29, 1.82) is 0 Å². The van der Waals surface area contributed by atoms with Crippen molar-refractivity contribution in [2.75, 3.05) is 0 Å². The zero-order chi connectivity index (χ0) is 32.3. The SMILES string of the molecule is C1=CCCC(n2c3ccccc3c3c4c5ccccc5c(C5C=C(c6ccccc6)N=C(c6ccccc6)N5)cc4c4ccccc4c32)=C1. The van der Waals surface area contributed by atoms with E-state index in [-0.39, 0.29) is 6.04 Å². The molecule has 0 radical (unpaired) electrons. The van der Waals surface area contributed by atoms with Crippen molar-refractivity contribution in [3.63, 3.8) is 0 Å². The predicted octanol–water partition coefficient (Wildman–Crippen LogP) is 11.6. The fourth-order valence-corrected chi connectivity index (χ4v) is 8.11. The fourth-order valence-electron chi connectivity index (χ4n) is 8.11. The molecule has 7 aromatic carbocycles. The maximum atomic E-state index is 5.17. The highest BCUT2D eigenvalue weighted by molar-refractivity contribution is 6.37. The Kier molecular flexibility index (Phi) is 6.38. The molecule has 0 saturated heterocycles. The predicted molar refractivity (Wildman–Crippen MR) is 208 cm³/mol. The zero-order valence-corrected chi connectivity index (χ0v) is 27.0. The summed E-state index contributed by atoms with van der Waals surface area (Å²) in [6.45, 7) is 0. The zero-order valence-electron chi connectivity index (χ0n) is 27.0. The van der Waals surface area contributed by atoms with Gasteiger partial charge in [-0.05, 0) is 69.8 Å². The lowest BCUT2D eigenvalue weighted by Crippen LogP contribution is -2.31. The lowest BCUT2D eigenvalue weighted by atomic mass is 9.87. The van der Waals surface area contributed by atoms with Gasteiger partial charge in [0.1, 0.15) is 5.84 Å². The van der Waals surface area contributed by atoms with Crippen LogP contribution in [0.4, 0.5) is 0 Å². The van der Waals surface area contributed by atoms with Crippen molar-refractivity contribution in [3.8, 4) is 0 Å². The van der Waals surface area contributed by atoms with E-state index in [9.17, 15) is 0 Å². The standard InChI is InChI=1S/C46H33N3/c1-4-16-30(17-5-1)40-29-41(48-46(47-40)31-18-6-2-7-19-31)38-28-39-34-23-11-13-25-36(34)45-44(43(39)35-24-12-10-22-33(35)38)37-26-14-15-27-42(37)49(45)32-20-8-3-9-21-32/h1-8,10-20,22-29,41H,9,21H2,(H,47,48). The normalized spacial score (nSPS) is 16.2. The number of aliphatic imine (C=N–C) groups is 1. The van der Waals surface area contributed by atoms with E-state index in [1.165, 1.54) is 65.4 Å². The molecule has 1 unspecified atom stereocenters. The lowest BCUT2D eigenvalue weighted by Gasteiger charge is -2.26. The smallest absolute Gasteiger partial charge is 0.134 e. The van der Waals surface area contributed by atoms with Crippen LogP contribution in [-0.2, 0) is 0 Å². The molecule has 1 aromatic heterocycles. The lowest BCUT2D eigenvalue weighted by molar-refractivity contribution is 0.788. The molecule has 0 spiro atoms. The summed E-state index contributed by atoms with van der Waals surface area (Å²) in [6.07, 6.45) is 11.2. The van der Waals surface area contributed by atoms with Gasteiger partial charge in [-0.25, -0.2) is 4.99 Å². The van der Waals surface area contributed by atoms with Gasteiger partial charge in [0.2, 0.25) is 0 Å². The average molecular weight is 628 g/mol. The summed E-state index contributed by atoms with van der Waals surface area (Å²) in [5, 5.41) is 14.1. The number of aromatic nitrogens is 1. The van der Waals surface area contributed by atoms with Crippen LogP contribution in [0, 0.1) is 0 Å². The van der Waals surface area contributed by atoms with Crippen LogP contribution in [0.1, 0.15) is 35.6 Å². The molecule has 2 heterocycles. The van der Waals surface area contributed by atoms with Crippen molar-refractivity contribution in [2.45, 2.75) is 18.9 Å². The molecular formula is C46H33N3. The van der Waals surface area contributed by atoms with E-state index in [1.54, 1.807) is 0 Å². The minimum Gasteiger partial charge on any atom is -0.359 e.